The molecule has 0 amide bonds. The van der Waals surface area contributed by atoms with Gasteiger partial charge in [0.05, 0.1) is 11.7 Å². The molecule has 1 fully saturated rings. The van der Waals surface area contributed by atoms with E-state index in [9.17, 15) is 0 Å². The van der Waals surface area contributed by atoms with Crippen LogP contribution in [-0.2, 0) is 4.74 Å². The van der Waals surface area contributed by atoms with E-state index in [0.29, 0.717) is 11.1 Å². The van der Waals surface area contributed by atoms with E-state index in [2.05, 4.69) is 49.5 Å². The fourth-order valence-electron chi connectivity index (χ4n) is 2.73. The lowest BCUT2D eigenvalue weighted by Gasteiger charge is -2.43. The molecule has 0 aliphatic carbocycles. The Kier molecular flexibility index (Phi) is 4.02. The summed E-state index contributed by atoms with van der Waals surface area (Å²) in [6.07, 6.45) is 1.72. The zero-order valence-electron chi connectivity index (χ0n) is 12.3. The summed E-state index contributed by atoms with van der Waals surface area (Å²) in [5.74, 6) is 1.24. The van der Waals surface area contributed by atoms with Crippen molar-refractivity contribution in [2.75, 3.05) is 18.0 Å². The molecule has 1 atom stereocenters. The Morgan fingerprint density at radius 2 is 2.11 bits per heavy atom. The Morgan fingerprint density at radius 3 is 2.68 bits per heavy atom. The number of nitrogens with zero attached hydrogens (tertiary/aromatic N) is 3. The molecule has 5 heteroatoms. The molecule has 2 heterocycles. The molecule has 0 aromatic carbocycles. The van der Waals surface area contributed by atoms with E-state index in [1.54, 1.807) is 0 Å². The Labute approximate surface area is 120 Å². The van der Waals surface area contributed by atoms with Gasteiger partial charge < -0.3 is 9.64 Å². The first kappa shape index (κ1) is 14.5. The Hall–Kier alpha value is -0.870. The predicted octanol–water partition coefficient (Wildman–Crippen LogP) is 3.26. The molecule has 0 saturated carbocycles. The Morgan fingerprint density at radius 1 is 1.42 bits per heavy atom. The highest BCUT2D eigenvalue weighted by atomic mass is 35.5. The number of hydrogen-bond acceptors (Lipinski definition) is 4. The van der Waals surface area contributed by atoms with Gasteiger partial charge in [0, 0.05) is 18.7 Å². The first-order valence-electron chi connectivity index (χ1n) is 6.73. The van der Waals surface area contributed by atoms with Gasteiger partial charge in [-0.25, -0.2) is 9.97 Å². The van der Waals surface area contributed by atoms with Crippen LogP contribution in [0, 0.1) is 0 Å². The van der Waals surface area contributed by atoms with Gasteiger partial charge in [-0.3, -0.25) is 0 Å². The van der Waals surface area contributed by atoms with Crippen molar-refractivity contribution in [2.24, 2.45) is 0 Å². The van der Waals surface area contributed by atoms with Crippen molar-refractivity contribution < 1.29 is 4.74 Å². The van der Waals surface area contributed by atoms with E-state index in [1.807, 2.05) is 0 Å². The molecule has 1 saturated heterocycles. The fraction of sp³-hybridized carbons (Fsp3) is 0.714. The van der Waals surface area contributed by atoms with E-state index in [4.69, 9.17) is 16.3 Å². The average Bonchev–Trinajstić information content (AvgIpc) is 2.25. The van der Waals surface area contributed by atoms with Crippen LogP contribution in [-0.4, -0.2) is 34.8 Å². The van der Waals surface area contributed by atoms with Crippen molar-refractivity contribution in [3.63, 3.8) is 0 Å². The van der Waals surface area contributed by atoms with E-state index < -0.39 is 0 Å². The molecular weight excluding hydrogens is 262 g/mol. The number of morpholine rings is 1. The van der Waals surface area contributed by atoms with E-state index in [1.165, 1.54) is 6.33 Å². The molecule has 1 aromatic heterocycles. The number of aromatic nitrogens is 2. The normalized spacial score (nSPS) is 22.9. The second-order valence-corrected chi connectivity index (χ2v) is 6.48. The van der Waals surface area contributed by atoms with Crippen LogP contribution in [0.4, 0.5) is 5.82 Å². The second kappa shape index (κ2) is 5.25. The zero-order valence-corrected chi connectivity index (χ0v) is 13.0. The molecule has 1 unspecified atom stereocenters. The number of anilines is 1. The van der Waals surface area contributed by atoms with Crippen molar-refractivity contribution in [3.05, 3.63) is 17.0 Å². The minimum atomic E-state index is -0.177. The monoisotopic (exact) mass is 283 g/mol. The summed E-state index contributed by atoms with van der Waals surface area (Å²) < 4.78 is 5.94. The van der Waals surface area contributed by atoms with Crippen LogP contribution in [0.1, 0.15) is 46.1 Å². The fourth-order valence-corrected chi connectivity index (χ4v) is 3.08. The summed E-state index contributed by atoms with van der Waals surface area (Å²) >= 11 is 6.24. The summed E-state index contributed by atoms with van der Waals surface area (Å²) in [6, 6.07) is 0. The highest BCUT2D eigenvalue weighted by molar-refractivity contribution is 6.30. The number of ether oxygens (including phenoxy) is 1. The molecule has 0 spiro atoms. The molecule has 4 nitrogen and oxygen atoms in total. The summed E-state index contributed by atoms with van der Waals surface area (Å²) in [5.41, 5.74) is 0.845. The molecule has 19 heavy (non-hydrogen) atoms. The molecule has 1 aliphatic heterocycles. The Bertz CT molecular complexity index is 462. The van der Waals surface area contributed by atoms with E-state index in [-0.39, 0.29) is 11.7 Å². The minimum absolute atomic E-state index is 0.177. The van der Waals surface area contributed by atoms with Crippen LogP contribution < -0.4 is 4.90 Å². The number of hydrogen-bond donors (Lipinski definition) is 0. The van der Waals surface area contributed by atoms with Gasteiger partial charge in [0.25, 0.3) is 0 Å². The van der Waals surface area contributed by atoms with Gasteiger partial charge in [-0.1, -0.05) is 25.4 Å². The predicted molar refractivity (Wildman–Crippen MR) is 78.0 cm³/mol. The molecule has 1 aromatic rings. The van der Waals surface area contributed by atoms with Crippen LogP contribution in [0.5, 0.6) is 0 Å². The number of halogens is 1. The minimum Gasteiger partial charge on any atom is -0.369 e. The van der Waals surface area contributed by atoms with Crippen molar-refractivity contribution >= 4 is 17.4 Å². The lowest BCUT2D eigenvalue weighted by Crippen LogP contribution is -2.52. The molecule has 2 rings (SSSR count). The molecule has 0 N–H and O–H groups in total. The summed E-state index contributed by atoms with van der Waals surface area (Å²) in [5, 5.41) is 0.553. The van der Waals surface area contributed by atoms with Crippen molar-refractivity contribution in [2.45, 2.75) is 52.2 Å². The van der Waals surface area contributed by atoms with Gasteiger partial charge in [0.1, 0.15) is 17.3 Å². The summed E-state index contributed by atoms with van der Waals surface area (Å²) in [4.78, 5) is 10.8. The maximum Gasteiger partial charge on any atom is 0.138 e. The Balaban J connectivity index is 2.39. The van der Waals surface area contributed by atoms with Crippen LogP contribution in [0.3, 0.4) is 0 Å². The molecule has 0 radical (unpaired) electrons. The van der Waals surface area contributed by atoms with Gasteiger partial charge in [-0.15, -0.1) is 0 Å². The molecule has 0 bridgehead atoms. The molecular formula is C14H22ClN3O. The van der Waals surface area contributed by atoms with Crippen LogP contribution in [0.2, 0.25) is 5.15 Å². The summed E-state index contributed by atoms with van der Waals surface area (Å²) in [6.45, 7) is 12.2. The van der Waals surface area contributed by atoms with Gasteiger partial charge in [-0.05, 0) is 26.7 Å². The number of rotatable bonds is 2. The van der Waals surface area contributed by atoms with Gasteiger partial charge >= 0.3 is 0 Å². The van der Waals surface area contributed by atoms with Crippen molar-refractivity contribution in [3.8, 4) is 0 Å². The standard InChI is InChI=1S/C14H22ClN3O/c1-9(2)11-12(15)16-8-17-13(11)18-6-10(3)19-14(4,5)7-18/h8-10H,6-7H2,1-5H3. The highest BCUT2D eigenvalue weighted by Crippen LogP contribution is 2.33. The quantitative estimate of drug-likeness (QED) is 0.781. The van der Waals surface area contributed by atoms with E-state index in [0.717, 1.165) is 24.5 Å². The maximum absolute atomic E-state index is 6.24. The largest absolute Gasteiger partial charge is 0.369 e. The van der Waals surface area contributed by atoms with Gasteiger partial charge in [0.2, 0.25) is 0 Å². The topological polar surface area (TPSA) is 38.2 Å². The maximum atomic E-state index is 6.24. The van der Waals surface area contributed by atoms with Crippen molar-refractivity contribution in [1.29, 1.82) is 0 Å². The first-order valence-corrected chi connectivity index (χ1v) is 7.11. The zero-order chi connectivity index (χ0) is 14.2. The van der Waals surface area contributed by atoms with E-state index >= 15 is 0 Å². The SMILES string of the molecule is CC1CN(c2ncnc(Cl)c2C(C)C)CC(C)(C)O1. The summed E-state index contributed by atoms with van der Waals surface area (Å²) in [7, 11) is 0. The average molecular weight is 284 g/mol. The first-order chi connectivity index (χ1) is 8.80. The van der Waals surface area contributed by atoms with Gasteiger partial charge in [-0.2, -0.15) is 0 Å². The lowest BCUT2D eigenvalue weighted by atomic mass is 10.0. The second-order valence-electron chi connectivity index (χ2n) is 6.13. The van der Waals surface area contributed by atoms with Crippen LogP contribution >= 0.6 is 11.6 Å². The third-order valence-electron chi connectivity index (χ3n) is 3.26. The van der Waals surface area contributed by atoms with Gasteiger partial charge in [0.15, 0.2) is 0 Å². The van der Waals surface area contributed by atoms with Crippen molar-refractivity contribution in [1.82, 2.24) is 9.97 Å². The highest BCUT2D eigenvalue weighted by Gasteiger charge is 2.33. The third kappa shape index (κ3) is 3.18. The van der Waals surface area contributed by atoms with Crippen LogP contribution in [0.15, 0.2) is 6.33 Å². The lowest BCUT2D eigenvalue weighted by molar-refractivity contribution is -0.0752. The molecule has 1 aliphatic rings. The smallest absolute Gasteiger partial charge is 0.138 e. The molecule has 106 valence electrons. The van der Waals surface area contributed by atoms with Crippen LogP contribution in [0.25, 0.3) is 0 Å². The third-order valence-corrected chi connectivity index (χ3v) is 3.56.